The Balaban J connectivity index is 1.56. The van der Waals surface area contributed by atoms with Crippen molar-refractivity contribution in [2.24, 2.45) is 0 Å². The van der Waals surface area contributed by atoms with Gasteiger partial charge in [-0.15, -0.1) is 11.3 Å². The van der Waals surface area contributed by atoms with E-state index in [0.29, 0.717) is 41.8 Å². The van der Waals surface area contributed by atoms with Crippen LogP contribution in [0.25, 0.3) is 0 Å². The third-order valence-corrected chi connectivity index (χ3v) is 6.95. The van der Waals surface area contributed by atoms with E-state index in [1.54, 1.807) is 48.7 Å². The summed E-state index contributed by atoms with van der Waals surface area (Å²) in [6.45, 7) is 0.938. The van der Waals surface area contributed by atoms with Gasteiger partial charge in [-0.3, -0.25) is 9.59 Å². The van der Waals surface area contributed by atoms with Gasteiger partial charge in [-0.25, -0.2) is 4.98 Å². The van der Waals surface area contributed by atoms with Crippen LogP contribution >= 0.6 is 11.3 Å². The number of thiazole rings is 1. The summed E-state index contributed by atoms with van der Waals surface area (Å²) in [6, 6.07) is 15.4. The third-order valence-electron chi connectivity index (χ3n) is 5.73. The van der Waals surface area contributed by atoms with E-state index in [0.717, 1.165) is 41.9 Å². The van der Waals surface area contributed by atoms with Gasteiger partial charge in [0.05, 0.1) is 20.8 Å². The summed E-state index contributed by atoms with van der Waals surface area (Å²) in [7, 11) is 3.13. The highest BCUT2D eigenvalue weighted by molar-refractivity contribution is 7.12. The minimum atomic E-state index is -0.115. The lowest BCUT2D eigenvalue weighted by atomic mass is 10.1. The standard InChI is InChI=1S/C26H28N2O4S/c1-31-21-13-20(14-22(15-21)32-2)26(30)28(12-6-9-18-7-4-3-5-8-18)16-24-27-23(17-29)25(33-24)19-10-11-19/h3-5,7-8,13-15,17,19H,6,9-12,16H2,1-2H3. The number of aldehydes is 1. The molecule has 172 valence electrons. The summed E-state index contributed by atoms with van der Waals surface area (Å²) in [5, 5.41) is 0.793. The zero-order valence-corrected chi connectivity index (χ0v) is 19.8. The number of carbonyl (C=O) groups is 2. The maximum Gasteiger partial charge on any atom is 0.254 e. The number of nitrogens with zero attached hydrogens (tertiary/aromatic N) is 2. The van der Waals surface area contributed by atoms with Gasteiger partial charge in [-0.1, -0.05) is 30.3 Å². The van der Waals surface area contributed by atoms with Crippen LogP contribution in [0.15, 0.2) is 48.5 Å². The first-order chi connectivity index (χ1) is 16.1. The smallest absolute Gasteiger partial charge is 0.254 e. The molecule has 7 heteroatoms. The first-order valence-electron chi connectivity index (χ1n) is 11.1. The molecule has 0 N–H and O–H groups in total. The fourth-order valence-electron chi connectivity index (χ4n) is 3.83. The molecule has 1 fully saturated rings. The van der Waals surface area contributed by atoms with Gasteiger partial charge >= 0.3 is 0 Å². The maximum atomic E-state index is 13.6. The first kappa shape index (κ1) is 23.0. The van der Waals surface area contributed by atoms with Crippen LogP contribution in [0.3, 0.4) is 0 Å². The monoisotopic (exact) mass is 464 g/mol. The van der Waals surface area contributed by atoms with Gasteiger partial charge in [-0.2, -0.15) is 0 Å². The second-order valence-corrected chi connectivity index (χ2v) is 9.28. The van der Waals surface area contributed by atoms with Crippen molar-refractivity contribution in [2.75, 3.05) is 20.8 Å². The Morgan fingerprint density at radius 1 is 1.12 bits per heavy atom. The van der Waals surface area contributed by atoms with Crippen molar-refractivity contribution in [3.63, 3.8) is 0 Å². The fourth-order valence-corrected chi connectivity index (χ4v) is 5.05. The highest BCUT2D eigenvalue weighted by atomic mass is 32.1. The van der Waals surface area contributed by atoms with Gasteiger partial charge in [-0.05, 0) is 49.3 Å². The van der Waals surface area contributed by atoms with Crippen LogP contribution in [0.4, 0.5) is 0 Å². The number of aryl methyl sites for hydroxylation is 1. The van der Waals surface area contributed by atoms with Crippen LogP contribution in [0.5, 0.6) is 11.5 Å². The van der Waals surface area contributed by atoms with Gasteiger partial charge in [0, 0.05) is 23.1 Å². The van der Waals surface area contributed by atoms with Crippen molar-refractivity contribution in [3.05, 3.63) is 75.2 Å². The summed E-state index contributed by atoms with van der Waals surface area (Å²) >= 11 is 1.56. The van der Waals surface area contributed by atoms with E-state index in [4.69, 9.17) is 9.47 Å². The molecule has 0 atom stereocenters. The van der Waals surface area contributed by atoms with E-state index in [1.165, 1.54) is 5.56 Å². The largest absolute Gasteiger partial charge is 0.497 e. The fraction of sp³-hybridized carbons (Fsp3) is 0.346. The Bertz CT molecular complexity index is 1090. The zero-order valence-electron chi connectivity index (χ0n) is 19.0. The molecule has 1 amide bonds. The maximum absolute atomic E-state index is 13.6. The second kappa shape index (κ2) is 10.6. The molecule has 1 saturated carbocycles. The van der Waals surface area contributed by atoms with Crippen molar-refractivity contribution >= 4 is 23.5 Å². The number of hydrogen-bond acceptors (Lipinski definition) is 6. The molecule has 0 bridgehead atoms. The minimum absolute atomic E-state index is 0.115. The predicted molar refractivity (Wildman–Crippen MR) is 129 cm³/mol. The number of methoxy groups -OCH3 is 2. The van der Waals surface area contributed by atoms with Crippen molar-refractivity contribution in [3.8, 4) is 11.5 Å². The number of hydrogen-bond donors (Lipinski definition) is 0. The molecule has 0 aliphatic heterocycles. The Morgan fingerprint density at radius 2 is 1.82 bits per heavy atom. The summed E-state index contributed by atoms with van der Waals surface area (Å²) in [6.07, 6.45) is 4.73. The lowest BCUT2D eigenvalue weighted by Gasteiger charge is -2.22. The van der Waals surface area contributed by atoms with Crippen molar-refractivity contribution in [1.29, 1.82) is 0 Å². The molecule has 1 aliphatic carbocycles. The highest BCUT2D eigenvalue weighted by Gasteiger charge is 2.30. The summed E-state index contributed by atoms with van der Waals surface area (Å²) in [4.78, 5) is 32.5. The predicted octanol–water partition coefficient (Wildman–Crippen LogP) is 5.13. The van der Waals surface area contributed by atoms with Crippen LogP contribution < -0.4 is 9.47 Å². The molecule has 1 aromatic heterocycles. The molecule has 0 radical (unpaired) electrons. The molecule has 1 heterocycles. The van der Waals surface area contributed by atoms with Gasteiger partial charge < -0.3 is 14.4 Å². The van der Waals surface area contributed by atoms with E-state index in [9.17, 15) is 9.59 Å². The molecule has 4 rings (SSSR count). The van der Waals surface area contributed by atoms with E-state index < -0.39 is 0 Å². The zero-order chi connectivity index (χ0) is 23.2. The van der Waals surface area contributed by atoms with E-state index >= 15 is 0 Å². The van der Waals surface area contributed by atoms with Gasteiger partial charge in [0.25, 0.3) is 5.91 Å². The average molecular weight is 465 g/mol. The molecule has 0 spiro atoms. The lowest BCUT2D eigenvalue weighted by molar-refractivity contribution is 0.0740. The number of carbonyl (C=O) groups excluding carboxylic acids is 2. The number of aromatic nitrogens is 1. The number of amides is 1. The average Bonchev–Trinajstić information content (AvgIpc) is 3.63. The Kier molecular flexibility index (Phi) is 7.40. The van der Waals surface area contributed by atoms with E-state index in [-0.39, 0.29) is 5.91 Å². The number of rotatable bonds is 11. The lowest BCUT2D eigenvalue weighted by Crippen LogP contribution is -2.32. The SMILES string of the molecule is COc1cc(OC)cc(C(=O)N(CCCc2ccccc2)Cc2nc(C=O)c(C3CC3)s2)c1. The first-order valence-corrected chi connectivity index (χ1v) is 11.9. The summed E-state index contributed by atoms with van der Waals surface area (Å²) in [5.74, 6) is 1.46. The van der Waals surface area contributed by atoms with Crippen molar-refractivity contribution < 1.29 is 19.1 Å². The van der Waals surface area contributed by atoms with Crippen LogP contribution in [0, 0.1) is 0 Å². The highest BCUT2D eigenvalue weighted by Crippen LogP contribution is 2.44. The number of benzene rings is 2. The molecule has 2 aromatic carbocycles. The quantitative estimate of drug-likeness (QED) is 0.368. The Morgan fingerprint density at radius 3 is 2.42 bits per heavy atom. The van der Waals surface area contributed by atoms with Gasteiger partial charge in [0.1, 0.15) is 22.2 Å². The molecule has 3 aromatic rings. The van der Waals surface area contributed by atoms with Crippen molar-refractivity contribution in [2.45, 2.75) is 38.1 Å². The summed E-state index contributed by atoms with van der Waals surface area (Å²) < 4.78 is 10.7. The van der Waals surface area contributed by atoms with Crippen LogP contribution in [0.2, 0.25) is 0 Å². The molecule has 33 heavy (non-hydrogen) atoms. The molecule has 6 nitrogen and oxygen atoms in total. The normalized spacial score (nSPS) is 12.9. The number of ether oxygens (including phenoxy) is 2. The molecular formula is C26H28N2O4S. The second-order valence-electron chi connectivity index (χ2n) is 8.17. The molecular weight excluding hydrogens is 436 g/mol. The van der Waals surface area contributed by atoms with Gasteiger partial charge in [0.15, 0.2) is 6.29 Å². The van der Waals surface area contributed by atoms with Gasteiger partial charge in [0.2, 0.25) is 0 Å². The molecule has 0 saturated heterocycles. The van der Waals surface area contributed by atoms with Crippen molar-refractivity contribution in [1.82, 2.24) is 9.88 Å². The summed E-state index contributed by atoms with van der Waals surface area (Å²) in [5.41, 5.74) is 2.26. The minimum Gasteiger partial charge on any atom is -0.497 e. The topological polar surface area (TPSA) is 68.7 Å². The Labute approximate surface area is 198 Å². The van der Waals surface area contributed by atoms with Crippen LogP contribution in [-0.4, -0.2) is 42.8 Å². The third kappa shape index (κ3) is 5.79. The molecule has 1 aliphatic rings. The van der Waals surface area contributed by atoms with E-state index in [2.05, 4.69) is 17.1 Å². The van der Waals surface area contributed by atoms with Crippen LogP contribution in [0.1, 0.15) is 61.5 Å². The Hall–Kier alpha value is -3.19. The van der Waals surface area contributed by atoms with Crippen LogP contribution in [-0.2, 0) is 13.0 Å². The van der Waals surface area contributed by atoms with E-state index in [1.807, 2.05) is 18.2 Å². The molecule has 0 unspecified atom stereocenters.